The second kappa shape index (κ2) is 7.33. The first-order valence-corrected chi connectivity index (χ1v) is 9.51. The number of benzene rings is 2. The molecule has 0 saturated heterocycles. The summed E-state index contributed by atoms with van der Waals surface area (Å²) in [6.07, 6.45) is 4.13. The van der Waals surface area contributed by atoms with E-state index in [1.165, 1.54) is 17.8 Å². The number of hydrogen-bond donors (Lipinski definition) is 1. The van der Waals surface area contributed by atoms with Gasteiger partial charge in [-0.3, -0.25) is 4.79 Å². The molecular weight excluding hydrogens is 349 g/mol. The lowest BCUT2D eigenvalue weighted by molar-refractivity contribution is -0.113. The van der Waals surface area contributed by atoms with Crippen molar-refractivity contribution in [2.75, 3.05) is 11.1 Å². The number of amides is 1. The molecule has 0 aliphatic heterocycles. The maximum Gasteiger partial charge on any atom is 0.234 e. The highest BCUT2D eigenvalue weighted by atomic mass is 32.2. The Morgan fingerprint density at radius 2 is 1.88 bits per heavy atom. The van der Waals surface area contributed by atoms with E-state index in [2.05, 4.69) is 27.0 Å². The van der Waals surface area contributed by atoms with Crippen LogP contribution < -0.4 is 5.32 Å². The Bertz CT molecular complexity index is 922. The van der Waals surface area contributed by atoms with Crippen LogP contribution in [0.4, 0.5) is 10.1 Å². The van der Waals surface area contributed by atoms with Gasteiger partial charge in [-0.25, -0.2) is 9.37 Å². The summed E-state index contributed by atoms with van der Waals surface area (Å²) >= 11 is 1.38. The highest BCUT2D eigenvalue weighted by molar-refractivity contribution is 7.99. The molecule has 1 heterocycles. The van der Waals surface area contributed by atoms with Crippen LogP contribution in [-0.2, 0) is 4.79 Å². The molecule has 1 N–H and O–H groups in total. The molecule has 4 nitrogen and oxygen atoms in total. The van der Waals surface area contributed by atoms with E-state index >= 15 is 0 Å². The smallest absolute Gasteiger partial charge is 0.234 e. The van der Waals surface area contributed by atoms with Gasteiger partial charge < -0.3 is 9.88 Å². The number of thioether (sulfide) groups is 1. The lowest BCUT2D eigenvalue weighted by Gasteiger charge is -2.11. The molecular formula is C20H18FN3OS. The summed E-state index contributed by atoms with van der Waals surface area (Å²) < 4.78 is 15.9. The van der Waals surface area contributed by atoms with Crippen molar-refractivity contribution in [2.45, 2.75) is 24.0 Å². The van der Waals surface area contributed by atoms with E-state index in [9.17, 15) is 9.18 Å². The van der Waals surface area contributed by atoms with Gasteiger partial charge in [-0.15, -0.1) is 0 Å². The zero-order chi connectivity index (χ0) is 17.9. The fraction of sp³-hybridized carbons (Fsp3) is 0.200. The number of carbonyl (C=O) groups is 1. The maximum absolute atomic E-state index is 13.6. The van der Waals surface area contributed by atoms with E-state index < -0.39 is 5.82 Å². The lowest BCUT2D eigenvalue weighted by atomic mass is 10.2. The fourth-order valence-corrected chi connectivity index (χ4v) is 3.68. The van der Waals surface area contributed by atoms with Crippen LogP contribution in [0.5, 0.6) is 0 Å². The average molecular weight is 367 g/mol. The lowest BCUT2D eigenvalue weighted by Crippen LogP contribution is -2.15. The van der Waals surface area contributed by atoms with E-state index in [-0.39, 0.29) is 17.3 Å². The minimum Gasteiger partial charge on any atom is -0.323 e. The van der Waals surface area contributed by atoms with Crippen molar-refractivity contribution < 1.29 is 9.18 Å². The number of nitrogens with zero attached hydrogens (tertiary/aromatic N) is 2. The molecule has 1 aromatic heterocycles. The van der Waals surface area contributed by atoms with Gasteiger partial charge in [0.1, 0.15) is 5.82 Å². The maximum atomic E-state index is 13.6. The van der Waals surface area contributed by atoms with Crippen molar-refractivity contribution in [3.63, 3.8) is 0 Å². The van der Waals surface area contributed by atoms with Crippen LogP contribution in [0.15, 0.2) is 66.0 Å². The molecule has 6 heteroatoms. The van der Waals surface area contributed by atoms with Gasteiger partial charge in [-0.2, -0.15) is 0 Å². The molecule has 2 aromatic carbocycles. The summed E-state index contributed by atoms with van der Waals surface area (Å²) in [7, 11) is 0. The summed E-state index contributed by atoms with van der Waals surface area (Å²) in [5.74, 6) is -0.491. The summed E-state index contributed by atoms with van der Waals surface area (Å²) in [6.45, 7) is 0. The topological polar surface area (TPSA) is 46.9 Å². The van der Waals surface area contributed by atoms with Gasteiger partial charge in [0, 0.05) is 6.04 Å². The standard InChI is InChI=1S/C20H18FN3OS/c21-16-8-4-5-9-17(16)23-19(25)13-26-20-22-12-18(24(20)15-10-11-15)14-6-2-1-3-7-14/h1-9,12,15H,10-11,13H2,(H,23,25). The number of aromatic nitrogens is 2. The molecule has 0 unspecified atom stereocenters. The first kappa shape index (κ1) is 16.8. The van der Waals surface area contributed by atoms with Crippen molar-refractivity contribution >= 4 is 23.4 Å². The third-order valence-electron chi connectivity index (χ3n) is 4.22. The van der Waals surface area contributed by atoms with E-state index in [0.717, 1.165) is 29.3 Å². The third-order valence-corrected chi connectivity index (χ3v) is 5.19. The minimum absolute atomic E-state index is 0.187. The average Bonchev–Trinajstić information content (AvgIpc) is 3.42. The Labute approximate surface area is 155 Å². The van der Waals surface area contributed by atoms with Crippen LogP contribution in [0, 0.1) is 5.82 Å². The molecule has 1 fully saturated rings. The molecule has 0 bridgehead atoms. The van der Waals surface area contributed by atoms with Crippen LogP contribution >= 0.6 is 11.8 Å². The van der Waals surface area contributed by atoms with Gasteiger partial charge in [0.25, 0.3) is 0 Å². The van der Waals surface area contributed by atoms with Gasteiger partial charge in [-0.05, 0) is 30.5 Å². The Balaban J connectivity index is 1.48. The summed E-state index contributed by atoms with van der Waals surface area (Å²) in [6, 6.07) is 16.8. The predicted molar refractivity (Wildman–Crippen MR) is 102 cm³/mol. The van der Waals surface area contributed by atoms with Crippen molar-refractivity contribution in [3.05, 3.63) is 66.6 Å². The first-order valence-electron chi connectivity index (χ1n) is 8.52. The van der Waals surface area contributed by atoms with Gasteiger partial charge in [0.05, 0.1) is 23.3 Å². The summed E-state index contributed by atoms with van der Waals surface area (Å²) in [5.41, 5.74) is 2.40. The first-order chi connectivity index (χ1) is 12.7. The van der Waals surface area contributed by atoms with Crippen molar-refractivity contribution in [1.82, 2.24) is 9.55 Å². The van der Waals surface area contributed by atoms with Crippen LogP contribution in [0.3, 0.4) is 0 Å². The zero-order valence-electron chi connectivity index (χ0n) is 14.1. The molecule has 1 aliphatic rings. The zero-order valence-corrected chi connectivity index (χ0v) is 14.9. The number of imidazole rings is 1. The SMILES string of the molecule is O=C(CSc1ncc(-c2ccccc2)n1C1CC1)Nc1ccccc1F. The molecule has 1 saturated carbocycles. The van der Waals surface area contributed by atoms with Crippen LogP contribution in [-0.4, -0.2) is 21.2 Å². The van der Waals surface area contributed by atoms with Crippen LogP contribution in [0.1, 0.15) is 18.9 Å². The second-order valence-electron chi connectivity index (χ2n) is 6.21. The number of anilines is 1. The van der Waals surface area contributed by atoms with E-state index in [1.807, 2.05) is 24.4 Å². The molecule has 4 rings (SSSR count). The van der Waals surface area contributed by atoms with E-state index in [1.54, 1.807) is 18.2 Å². The quantitative estimate of drug-likeness (QED) is 0.639. The number of carbonyl (C=O) groups excluding carboxylic acids is 1. The monoisotopic (exact) mass is 367 g/mol. The molecule has 1 amide bonds. The number of nitrogens with one attached hydrogen (secondary N) is 1. The summed E-state index contributed by atoms with van der Waals surface area (Å²) in [4.78, 5) is 16.7. The van der Waals surface area contributed by atoms with Gasteiger partial charge in [-0.1, -0.05) is 54.2 Å². The third kappa shape index (κ3) is 3.65. The Morgan fingerprint density at radius 3 is 2.62 bits per heavy atom. The number of rotatable bonds is 6. The number of halogens is 1. The molecule has 0 atom stereocenters. The largest absolute Gasteiger partial charge is 0.323 e. The summed E-state index contributed by atoms with van der Waals surface area (Å²) in [5, 5.41) is 3.44. The molecule has 26 heavy (non-hydrogen) atoms. The molecule has 3 aromatic rings. The highest BCUT2D eigenvalue weighted by Gasteiger charge is 2.29. The molecule has 1 aliphatic carbocycles. The van der Waals surface area contributed by atoms with E-state index in [0.29, 0.717) is 6.04 Å². The van der Waals surface area contributed by atoms with Crippen molar-refractivity contribution in [3.8, 4) is 11.3 Å². The van der Waals surface area contributed by atoms with E-state index in [4.69, 9.17) is 0 Å². The molecule has 0 spiro atoms. The predicted octanol–water partition coefficient (Wildman–Crippen LogP) is 4.75. The Morgan fingerprint density at radius 1 is 1.15 bits per heavy atom. The second-order valence-corrected chi connectivity index (χ2v) is 7.15. The Kier molecular flexibility index (Phi) is 4.75. The van der Waals surface area contributed by atoms with Crippen LogP contribution in [0.25, 0.3) is 11.3 Å². The minimum atomic E-state index is -0.434. The molecule has 0 radical (unpaired) electrons. The Hall–Kier alpha value is -2.60. The molecule has 132 valence electrons. The highest BCUT2D eigenvalue weighted by Crippen LogP contribution is 2.41. The number of hydrogen-bond acceptors (Lipinski definition) is 3. The van der Waals surface area contributed by atoms with Gasteiger partial charge >= 0.3 is 0 Å². The number of para-hydroxylation sites is 1. The fourth-order valence-electron chi connectivity index (χ4n) is 2.84. The van der Waals surface area contributed by atoms with Crippen molar-refractivity contribution in [2.24, 2.45) is 0 Å². The van der Waals surface area contributed by atoms with Gasteiger partial charge in [0.2, 0.25) is 5.91 Å². The van der Waals surface area contributed by atoms with Gasteiger partial charge in [0.15, 0.2) is 5.16 Å². The normalized spacial score (nSPS) is 13.6. The van der Waals surface area contributed by atoms with Crippen LogP contribution in [0.2, 0.25) is 0 Å². The van der Waals surface area contributed by atoms with Crippen molar-refractivity contribution in [1.29, 1.82) is 0 Å².